The third-order valence-corrected chi connectivity index (χ3v) is 3.04. The maximum absolute atomic E-state index is 5.58. The number of hydrogen-bond donors (Lipinski definition) is 1. The van der Waals surface area contributed by atoms with Crippen molar-refractivity contribution in [2.45, 2.75) is 45.1 Å². The predicted molar refractivity (Wildman–Crippen MR) is 58.8 cm³/mol. The molecule has 0 aromatic carbocycles. The van der Waals surface area contributed by atoms with E-state index in [2.05, 4.69) is 0 Å². The van der Waals surface area contributed by atoms with Crippen LogP contribution >= 0.6 is 12.2 Å². The minimum absolute atomic E-state index is 0.0584. The number of nitrogens with two attached hydrogens (primary N) is 1. The van der Waals surface area contributed by atoms with E-state index in [0.717, 1.165) is 12.5 Å². The Morgan fingerprint density at radius 2 is 2.08 bits per heavy atom. The van der Waals surface area contributed by atoms with Crippen LogP contribution in [0.1, 0.15) is 39.0 Å². The van der Waals surface area contributed by atoms with E-state index in [9.17, 15) is 0 Å². The second-order valence-corrected chi connectivity index (χ2v) is 4.35. The Morgan fingerprint density at radius 1 is 1.46 bits per heavy atom. The van der Waals surface area contributed by atoms with Crippen molar-refractivity contribution in [3.8, 4) is 0 Å². The van der Waals surface area contributed by atoms with Gasteiger partial charge in [0.15, 0.2) is 0 Å². The number of hydrogen-bond acceptors (Lipinski definition) is 2. The molecule has 2 N–H and O–H groups in total. The summed E-state index contributed by atoms with van der Waals surface area (Å²) in [6.45, 7) is 2.75. The van der Waals surface area contributed by atoms with E-state index in [1.54, 1.807) is 0 Å². The maximum atomic E-state index is 5.58. The molecule has 0 heterocycles. The van der Waals surface area contributed by atoms with E-state index >= 15 is 0 Å². The third kappa shape index (κ3) is 4.05. The smallest absolute Gasteiger partial charge is 0.104 e. The highest BCUT2D eigenvalue weighted by Gasteiger charge is 2.15. The van der Waals surface area contributed by atoms with Gasteiger partial charge in [-0.1, -0.05) is 31.5 Å². The first-order valence-electron chi connectivity index (χ1n) is 5.11. The van der Waals surface area contributed by atoms with Crippen molar-refractivity contribution in [3.63, 3.8) is 0 Å². The molecule has 1 saturated carbocycles. The summed E-state index contributed by atoms with van der Waals surface area (Å²) in [5.74, 6) is 0.741. The van der Waals surface area contributed by atoms with Crippen LogP contribution in [-0.2, 0) is 4.74 Å². The fraction of sp³-hybridized carbons (Fsp3) is 0.900. The van der Waals surface area contributed by atoms with Crippen LogP contribution < -0.4 is 5.73 Å². The van der Waals surface area contributed by atoms with Gasteiger partial charge in [-0.15, -0.1) is 0 Å². The molecule has 1 fully saturated rings. The Morgan fingerprint density at radius 3 is 2.62 bits per heavy atom. The topological polar surface area (TPSA) is 35.2 Å². The van der Waals surface area contributed by atoms with Gasteiger partial charge in [-0.05, 0) is 25.7 Å². The lowest BCUT2D eigenvalue weighted by atomic mass is 9.90. The van der Waals surface area contributed by atoms with Gasteiger partial charge in [-0.2, -0.15) is 0 Å². The zero-order valence-electron chi connectivity index (χ0n) is 8.29. The van der Waals surface area contributed by atoms with Gasteiger partial charge in [-0.3, -0.25) is 0 Å². The lowest BCUT2D eigenvalue weighted by Gasteiger charge is -2.23. The Hall–Kier alpha value is -0.150. The van der Waals surface area contributed by atoms with E-state index in [1.807, 2.05) is 6.92 Å². The van der Waals surface area contributed by atoms with Crippen LogP contribution in [-0.4, -0.2) is 17.7 Å². The van der Waals surface area contributed by atoms with Crippen molar-refractivity contribution in [2.24, 2.45) is 11.7 Å². The van der Waals surface area contributed by atoms with Gasteiger partial charge in [0.1, 0.15) is 11.1 Å². The van der Waals surface area contributed by atoms with E-state index in [1.165, 1.54) is 32.1 Å². The van der Waals surface area contributed by atoms with Crippen LogP contribution in [0.15, 0.2) is 0 Å². The molecule has 2 nitrogen and oxygen atoms in total. The highest BCUT2D eigenvalue weighted by atomic mass is 32.1. The maximum Gasteiger partial charge on any atom is 0.104 e. The molecule has 0 bridgehead atoms. The van der Waals surface area contributed by atoms with Crippen molar-refractivity contribution in [3.05, 3.63) is 0 Å². The summed E-state index contributed by atoms with van der Waals surface area (Å²) in [7, 11) is 0. The van der Waals surface area contributed by atoms with Crippen LogP contribution in [0.3, 0.4) is 0 Å². The Labute approximate surface area is 85.8 Å². The Bertz CT molecular complexity index is 166. The highest BCUT2D eigenvalue weighted by Crippen LogP contribution is 2.23. The summed E-state index contributed by atoms with van der Waals surface area (Å²) >= 11 is 4.84. The van der Waals surface area contributed by atoms with Gasteiger partial charge in [0, 0.05) is 0 Å². The standard InChI is InChI=1S/C10H19NOS/c1-8(10(11)13)12-7-9-5-3-2-4-6-9/h8-9H,2-7H2,1H3,(H2,11,13). The molecule has 0 saturated heterocycles. The molecule has 1 unspecified atom stereocenters. The van der Waals surface area contributed by atoms with Gasteiger partial charge in [0.25, 0.3) is 0 Å². The summed E-state index contributed by atoms with van der Waals surface area (Å²) in [5, 5.41) is 0. The number of rotatable bonds is 4. The van der Waals surface area contributed by atoms with Gasteiger partial charge < -0.3 is 10.5 Å². The third-order valence-electron chi connectivity index (χ3n) is 2.71. The molecule has 0 aromatic heterocycles. The van der Waals surface area contributed by atoms with Gasteiger partial charge >= 0.3 is 0 Å². The van der Waals surface area contributed by atoms with Crippen LogP contribution in [0.5, 0.6) is 0 Å². The lowest BCUT2D eigenvalue weighted by molar-refractivity contribution is 0.0663. The molecular weight excluding hydrogens is 182 g/mol. The number of thiocarbonyl (C=S) groups is 1. The van der Waals surface area contributed by atoms with Crippen molar-refractivity contribution >= 4 is 17.2 Å². The average Bonchev–Trinajstić information content (AvgIpc) is 2.15. The first-order chi connectivity index (χ1) is 6.20. The summed E-state index contributed by atoms with van der Waals surface area (Å²) in [4.78, 5) is 0.468. The first-order valence-corrected chi connectivity index (χ1v) is 5.52. The van der Waals surface area contributed by atoms with Gasteiger partial charge in [-0.25, -0.2) is 0 Å². The Balaban J connectivity index is 2.13. The Kier molecular flexibility index (Phi) is 4.67. The second-order valence-electron chi connectivity index (χ2n) is 3.88. The quantitative estimate of drug-likeness (QED) is 0.709. The van der Waals surface area contributed by atoms with E-state index in [-0.39, 0.29) is 6.10 Å². The molecule has 0 spiro atoms. The second kappa shape index (κ2) is 5.55. The SMILES string of the molecule is CC(OCC1CCCCC1)C(N)=S. The largest absolute Gasteiger partial charge is 0.391 e. The molecule has 1 atom stereocenters. The molecule has 1 aliphatic rings. The van der Waals surface area contributed by atoms with Crippen molar-refractivity contribution < 1.29 is 4.74 Å². The van der Waals surface area contributed by atoms with Crippen LogP contribution in [0.25, 0.3) is 0 Å². The molecule has 3 heteroatoms. The molecule has 13 heavy (non-hydrogen) atoms. The van der Waals surface area contributed by atoms with Crippen molar-refractivity contribution in [1.29, 1.82) is 0 Å². The fourth-order valence-electron chi connectivity index (χ4n) is 1.72. The van der Waals surface area contributed by atoms with E-state index < -0.39 is 0 Å². The molecule has 76 valence electrons. The fourth-order valence-corrected chi connectivity index (χ4v) is 1.78. The monoisotopic (exact) mass is 201 g/mol. The van der Waals surface area contributed by atoms with Crippen LogP contribution in [0, 0.1) is 5.92 Å². The molecule has 0 amide bonds. The van der Waals surface area contributed by atoms with E-state index in [4.69, 9.17) is 22.7 Å². The van der Waals surface area contributed by atoms with Crippen LogP contribution in [0.2, 0.25) is 0 Å². The van der Waals surface area contributed by atoms with Crippen molar-refractivity contribution in [1.82, 2.24) is 0 Å². The van der Waals surface area contributed by atoms with E-state index in [0.29, 0.717) is 4.99 Å². The van der Waals surface area contributed by atoms with Gasteiger partial charge in [0.05, 0.1) is 6.61 Å². The molecule has 1 aliphatic carbocycles. The molecule has 1 rings (SSSR count). The lowest BCUT2D eigenvalue weighted by Crippen LogP contribution is -2.28. The highest BCUT2D eigenvalue weighted by molar-refractivity contribution is 7.80. The minimum atomic E-state index is -0.0584. The predicted octanol–water partition coefficient (Wildman–Crippen LogP) is 2.26. The average molecular weight is 201 g/mol. The molecular formula is C10H19NOS. The van der Waals surface area contributed by atoms with Gasteiger partial charge in [0.2, 0.25) is 0 Å². The summed E-state index contributed by atoms with van der Waals surface area (Å²) < 4.78 is 5.58. The first kappa shape index (κ1) is 10.9. The molecule has 0 radical (unpaired) electrons. The number of ether oxygens (including phenoxy) is 1. The summed E-state index contributed by atoms with van der Waals surface area (Å²) in [6.07, 6.45) is 6.66. The summed E-state index contributed by atoms with van der Waals surface area (Å²) in [5.41, 5.74) is 5.46. The summed E-state index contributed by atoms with van der Waals surface area (Å²) in [6, 6.07) is 0. The molecule has 0 aromatic rings. The van der Waals surface area contributed by atoms with Crippen LogP contribution in [0.4, 0.5) is 0 Å². The minimum Gasteiger partial charge on any atom is -0.391 e. The zero-order chi connectivity index (χ0) is 9.68. The normalized spacial score (nSPS) is 21.3. The van der Waals surface area contributed by atoms with Crippen molar-refractivity contribution in [2.75, 3.05) is 6.61 Å². The molecule has 0 aliphatic heterocycles. The zero-order valence-corrected chi connectivity index (χ0v) is 9.11.